The number of carbonyl (C=O) groups excluding carboxylic acids is 1. The van der Waals surface area contributed by atoms with Gasteiger partial charge in [0.05, 0.1) is 6.61 Å². The summed E-state index contributed by atoms with van der Waals surface area (Å²) < 4.78 is 7.64. The largest absolute Gasteiger partial charge is 0.493 e. The van der Waals surface area contributed by atoms with Crippen molar-refractivity contribution in [3.63, 3.8) is 0 Å². The Bertz CT molecular complexity index is 1160. The van der Waals surface area contributed by atoms with Gasteiger partial charge in [0.25, 0.3) is 5.56 Å². The van der Waals surface area contributed by atoms with Crippen molar-refractivity contribution in [1.82, 2.24) is 14.1 Å². The maximum Gasteiger partial charge on any atom is 0.332 e. The standard InChI is InChI=1S/C20H22N4O4/c1-5-28-15-6-7-21-18-17(15)19(26)24(20(27)23(18)4)11-16(25)22-14-9-12(2)8-13(3)10-14/h6-10H,5,11H2,1-4H3,(H,22,25). The molecule has 1 N–H and O–H groups in total. The zero-order valence-corrected chi connectivity index (χ0v) is 16.3. The summed E-state index contributed by atoms with van der Waals surface area (Å²) in [5.41, 5.74) is 1.61. The van der Waals surface area contributed by atoms with E-state index in [0.717, 1.165) is 15.7 Å². The molecule has 146 valence electrons. The Labute approximate surface area is 161 Å². The van der Waals surface area contributed by atoms with E-state index in [9.17, 15) is 14.4 Å². The molecule has 1 amide bonds. The predicted octanol–water partition coefficient (Wildman–Crippen LogP) is 1.75. The first kappa shape index (κ1) is 19.3. The molecule has 0 fully saturated rings. The molecule has 8 nitrogen and oxygen atoms in total. The highest BCUT2D eigenvalue weighted by Crippen LogP contribution is 2.19. The number of aromatic nitrogens is 3. The fraction of sp³-hybridized carbons (Fsp3) is 0.300. The summed E-state index contributed by atoms with van der Waals surface area (Å²) >= 11 is 0. The van der Waals surface area contributed by atoms with Crippen LogP contribution in [0.5, 0.6) is 5.75 Å². The number of aryl methyl sites for hydroxylation is 3. The fourth-order valence-corrected chi connectivity index (χ4v) is 3.19. The maximum absolute atomic E-state index is 12.9. The number of carbonyl (C=O) groups is 1. The van der Waals surface area contributed by atoms with Crippen LogP contribution < -0.4 is 21.3 Å². The van der Waals surface area contributed by atoms with Gasteiger partial charge in [-0.05, 0) is 50.1 Å². The van der Waals surface area contributed by atoms with Gasteiger partial charge >= 0.3 is 5.69 Å². The molecule has 8 heteroatoms. The molecule has 0 aliphatic rings. The number of rotatable bonds is 5. The van der Waals surface area contributed by atoms with Crippen LogP contribution in [-0.4, -0.2) is 26.6 Å². The van der Waals surface area contributed by atoms with Crippen LogP contribution >= 0.6 is 0 Å². The summed E-state index contributed by atoms with van der Waals surface area (Å²) in [6.07, 6.45) is 1.48. The Morgan fingerprint density at radius 1 is 1.18 bits per heavy atom. The van der Waals surface area contributed by atoms with Crippen LogP contribution in [0.25, 0.3) is 11.0 Å². The minimum Gasteiger partial charge on any atom is -0.493 e. The number of nitrogens with zero attached hydrogens (tertiary/aromatic N) is 3. The Morgan fingerprint density at radius 3 is 2.50 bits per heavy atom. The first-order chi connectivity index (χ1) is 13.3. The van der Waals surface area contributed by atoms with Crippen molar-refractivity contribution in [3.8, 4) is 5.75 Å². The second kappa shape index (κ2) is 7.67. The van der Waals surface area contributed by atoms with Gasteiger partial charge in [0, 0.05) is 18.9 Å². The summed E-state index contributed by atoms with van der Waals surface area (Å²) in [5, 5.41) is 2.91. The van der Waals surface area contributed by atoms with Crippen molar-refractivity contribution < 1.29 is 9.53 Å². The van der Waals surface area contributed by atoms with Crippen LogP contribution in [0.15, 0.2) is 40.1 Å². The number of anilines is 1. The lowest BCUT2D eigenvalue weighted by molar-refractivity contribution is -0.116. The summed E-state index contributed by atoms with van der Waals surface area (Å²) in [4.78, 5) is 42.2. The van der Waals surface area contributed by atoms with Gasteiger partial charge in [-0.2, -0.15) is 0 Å². The maximum atomic E-state index is 12.9. The van der Waals surface area contributed by atoms with Crippen LogP contribution in [0.2, 0.25) is 0 Å². The van der Waals surface area contributed by atoms with Gasteiger partial charge in [0.15, 0.2) is 5.65 Å². The number of benzene rings is 1. The number of fused-ring (bicyclic) bond motifs is 1. The minimum absolute atomic E-state index is 0.172. The summed E-state index contributed by atoms with van der Waals surface area (Å²) in [7, 11) is 1.51. The molecule has 0 saturated heterocycles. The van der Waals surface area contributed by atoms with Gasteiger partial charge < -0.3 is 10.1 Å². The van der Waals surface area contributed by atoms with Gasteiger partial charge in [-0.25, -0.2) is 14.3 Å². The van der Waals surface area contributed by atoms with Crippen LogP contribution in [0, 0.1) is 13.8 Å². The number of ether oxygens (including phenoxy) is 1. The van der Waals surface area contributed by atoms with Crippen molar-refractivity contribution >= 4 is 22.6 Å². The van der Waals surface area contributed by atoms with Gasteiger partial charge in [-0.1, -0.05) is 6.07 Å². The molecule has 0 aliphatic heterocycles. The quantitative estimate of drug-likeness (QED) is 0.725. The second-order valence-corrected chi connectivity index (χ2v) is 6.60. The number of hydrogen-bond acceptors (Lipinski definition) is 5. The minimum atomic E-state index is -0.616. The first-order valence-electron chi connectivity index (χ1n) is 8.91. The predicted molar refractivity (Wildman–Crippen MR) is 107 cm³/mol. The highest BCUT2D eigenvalue weighted by atomic mass is 16.5. The van der Waals surface area contributed by atoms with E-state index >= 15 is 0 Å². The van der Waals surface area contributed by atoms with E-state index in [1.807, 2.05) is 32.0 Å². The van der Waals surface area contributed by atoms with Gasteiger partial charge in [-0.15, -0.1) is 0 Å². The molecular formula is C20H22N4O4. The molecule has 0 unspecified atom stereocenters. The molecule has 3 rings (SSSR count). The number of amides is 1. The third kappa shape index (κ3) is 3.66. The summed E-state index contributed by atoms with van der Waals surface area (Å²) in [5.74, 6) is -0.137. The number of pyridine rings is 1. The Kier molecular flexibility index (Phi) is 5.30. The van der Waals surface area contributed by atoms with E-state index in [2.05, 4.69) is 10.3 Å². The molecule has 2 aromatic heterocycles. The third-order valence-electron chi connectivity index (χ3n) is 4.29. The first-order valence-corrected chi connectivity index (χ1v) is 8.91. The number of hydrogen-bond donors (Lipinski definition) is 1. The van der Waals surface area contributed by atoms with Gasteiger partial charge in [0.1, 0.15) is 17.7 Å². The SMILES string of the molecule is CCOc1ccnc2c1c(=O)n(CC(=O)Nc1cc(C)cc(C)c1)c(=O)n2C. The summed E-state index contributed by atoms with van der Waals surface area (Å²) in [6.45, 7) is 5.59. The van der Waals surface area contributed by atoms with E-state index < -0.39 is 23.7 Å². The topological polar surface area (TPSA) is 95.2 Å². The van der Waals surface area contributed by atoms with E-state index in [4.69, 9.17) is 4.74 Å². The fourth-order valence-electron chi connectivity index (χ4n) is 3.19. The molecular weight excluding hydrogens is 360 g/mol. The van der Waals surface area contributed by atoms with Crippen LogP contribution in [0.4, 0.5) is 5.69 Å². The highest BCUT2D eigenvalue weighted by Gasteiger charge is 2.18. The van der Waals surface area contributed by atoms with Crippen molar-refractivity contribution in [2.75, 3.05) is 11.9 Å². The molecule has 0 saturated carbocycles. The lowest BCUT2D eigenvalue weighted by atomic mass is 10.1. The van der Waals surface area contributed by atoms with E-state index in [-0.39, 0.29) is 11.0 Å². The van der Waals surface area contributed by atoms with Gasteiger partial charge in [-0.3, -0.25) is 14.2 Å². The Morgan fingerprint density at radius 2 is 1.86 bits per heavy atom. The average molecular weight is 382 g/mol. The van der Waals surface area contributed by atoms with Crippen molar-refractivity contribution in [3.05, 3.63) is 62.4 Å². The van der Waals surface area contributed by atoms with Crippen molar-refractivity contribution in [2.45, 2.75) is 27.3 Å². The van der Waals surface area contributed by atoms with E-state index in [1.165, 1.54) is 17.8 Å². The molecule has 0 aliphatic carbocycles. The van der Waals surface area contributed by atoms with E-state index in [1.54, 1.807) is 13.0 Å². The molecule has 3 aromatic rings. The van der Waals surface area contributed by atoms with Crippen molar-refractivity contribution in [2.24, 2.45) is 7.05 Å². The van der Waals surface area contributed by atoms with Crippen LogP contribution in [0.3, 0.4) is 0 Å². The third-order valence-corrected chi connectivity index (χ3v) is 4.29. The Hall–Kier alpha value is -3.42. The summed E-state index contributed by atoms with van der Waals surface area (Å²) in [6, 6.07) is 7.20. The highest BCUT2D eigenvalue weighted by molar-refractivity contribution is 5.91. The van der Waals surface area contributed by atoms with Crippen molar-refractivity contribution in [1.29, 1.82) is 0 Å². The Balaban J connectivity index is 2.03. The normalized spacial score (nSPS) is 10.9. The average Bonchev–Trinajstić information content (AvgIpc) is 2.62. The molecule has 0 atom stereocenters. The smallest absolute Gasteiger partial charge is 0.332 e. The van der Waals surface area contributed by atoms with Crippen LogP contribution in [-0.2, 0) is 18.4 Å². The van der Waals surface area contributed by atoms with Gasteiger partial charge in [0.2, 0.25) is 5.91 Å². The lowest BCUT2D eigenvalue weighted by Gasteiger charge is -2.13. The molecule has 28 heavy (non-hydrogen) atoms. The van der Waals surface area contributed by atoms with Crippen LogP contribution in [0.1, 0.15) is 18.1 Å². The molecule has 2 heterocycles. The van der Waals surface area contributed by atoms with E-state index in [0.29, 0.717) is 18.0 Å². The number of nitrogens with one attached hydrogen (secondary N) is 1. The molecule has 1 aromatic carbocycles. The monoisotopic (exact) mass is 382 g/mol. The molecule has 0 radical (unpaired) electrons. The zero-order valence-electron chi connectivity index (χ0n) is 16.3. The molecule has 0 bridgehead atoms. The second-order valence-electron chi connectivity index (χ2n) is 6.60. The molecule has 0 spiro atoms. The zero-order chi connectivity index (χ0) is 20.4. The lowest BCUT2D eigenvalue weighted by Crippen LogP contribution is -2.42.